The lowest BCUT2D eigenvalue weighted by molar-refractivity contribution is 0.629. The molecular formula is C14H15FN2. The number of hydrogen-bond donors (Lipinski definition) is 0. The normalized spacial score (nSPS) is 10.9. The molecule has 17 heavy (non-hydrogen) atoms. The van der Waals surface area contributed by atoms with Crippen molar-refractivity contribution in [3.8, 4) is 11.3 Å². The minimum atomic E-state index is -0.253. The largest absolute Gasteiger partial charge is 0.206 e. The van der Waals surface area contributed by atoms with Crippen LogP contribution in [0.15, 0.2) is 30.3 Å². The molecule has 1 heterocycles. The number of nitrogens with zero attached hydrogens (tertiary/aromatic N) is 2. The van der Waals surface area contributed by atoms with Crippen molar-refractivity contribution in [2.24, 2.45) is 0 Å². The number of hydrogen-bond acceptors (Lipinski definition) is 2. The zero-order valence-corrected chi connectivity index (χ0v) is 10.2. The third-order valence-corrected chi connectivity index (χ3v) is 2.68. The summed E-state index contributed by atoms with van der Waals surface area (Å²) in [5, 5.41) is 8.17. The van der Waals surface area contributed by atoms with Crippen molar-refractivity contribution in [1.29, 1.82) is 0 Å². The molecule has 2 rings (SSSR count). The van der Waals surface area contributed by atoms with Gasteiger partial charge in [0.1, 0.15) is 5.82 Å². The van der Waals surface area contributed by atoms with E-state index >= 15 is 0 Å². The van der Waals surface area contributed by atoms with Crippen LogP contribution >= 0.6 is 0 Å². The third kappa shape index (κ3) is 2.49. The fourth-order valence-corrected chi connectivity index (χ4v) is 1.62. The molecule has 0 saturated carbocycles. The molecule has 0 atom stereocenters. The van der Waals surface area contributed by atoms with E-state index in [2.05, 4.69) is 24.0 Å². The standard InChI is InChI=1S/C14H15FN2/c1-9(2)13-6-7-14(17-16-13)11-5-4-10(3)8-12(11)15/h4-9H,1-3H3. The van der Waals surface area contributed by atoms with Crippen molar-refractivity contribution in [2.75, 3.05) is 0 Å². The molecule has 0 spiro atoms. The highest BCUT2D eigenvalue weighted by Gasteiger charge is 2.08. The van der Waals surface area contributed by atoms with Crippen LogP contribution in [0.2, 0.25) is 0 Å². The lowest BCUT2D eigenvalue weighted by atomic mass is 10.1. The summed E-state index contributed by atoms with van der Waals surface area (Å²) in [4.78, 5) is 0. The molecule has 88 valence electrons. The molecule has 0 radical (unpaired) electrons. The molecule has 2 nitrogen and oxygen atoms in total. The van der Waals surface area contributed by atoms with Gasteiger partial charge in [-0.05, 0) is 42.7 Å². The number of aryl methyl sites for hydroxylation is 1. The Morgan fingerprint density at radius 3 is 2.35 bits per heavy atom. The van der Waals surface area contributed by atoms with Crippen LogP contribution in [0.25, 0.3) is 11.3 Å². The maximum atomic E-state index is 13.7. The number of halogens is 1. The van der Waals surface area contributed by atoms with Gasteiger partial charge in [0.05, 0.1) is 11.4 Å². The predicted molar refractivity (Wildman–Crippen MR) is 66.3 cm³/mol. The van der Waals surface area contributed by atoms with Crippen molar-refractivity contribution >= 4 is 0 Å². The van der Waals surface area contributed by atoms with Gasteiger partial charge in [-0.2, -0.15) is 10.2 Å². The molecule has 0 saturated heterocycles. The minimum absolute atomic E-state index is 0.253. The van der Waals surface area contributed by atoms with Crippen molar-refractivity contribution in [3.63, 3.8) is 0 Å². The van der Waals surface area contributed by atoms with Crippen LogP contribution in [0.4, 0.5) is 4.39 Å². The predicted octanol–water partition coefficient (Wildman–Crippen LogP) is 3.71. The molecule has 0 unspecified atom stereocenters. The molecule has 1 aromatic carbocycles. The molecule has 3 heteroatoms. The summed E-state index contributed by atoms with van der Waals surface area (Å²) >= 11 is 0. The summed E-state index contributed by atoms with van der Waals surface area (Å²) in [6.07, 6.45) is 0. The molecule has 0 aliphatic rings. The lowest BCUT2D eigenvalue weighted by Crippen LogP contribution is -1.97. The lowest BCUT2D eigenvalue weighted by Gasteiger charge is -2.06. The first-order valence-corrected chi connectivity index (χ1v) is 5.68. The van der Waals surface area contributed by atoms with Crippen molar-refractivity contribution in [3.05, 3.63) is 47.4 Å². The Bertz CT molecular complexity index is 518. The first kappa shape index (κ1) is 11.7. The summed E-state index contributed by atoms with van der Waals surface area (Å²) < 4.78 is 13.7. The van der Waals surface area contributed by atoms with E-state index in [0.717, 1.165) is 11.3 Å². The molecule has 0 fully saturated rings. The SMILES string of the molecule is Cc1ccc(-c2ccc(C(C)C)nn2)c(F)c1. The van der Waals surface area contributed by atoms with Gasteiger partial charge in [-0.3, -0.25) is 0 Å². The smallest absolute Gasteiger partial charge is 0.132 e. The van der Waals surface area contributed by atoms with E-state index in [0.29, 0.717) is 17.2 Å². The quantitative estimate of drug-likeness (QED) is 0.785. The summed E-state index contributed by atoms with van der Waals surface area (Å²) in [6, 6.07) is 8.83. The highest BCUT2D eigenvalue weighted by molar-refractivity contribution is 5.59. The van der Waals surface area contributed by atoms with Gasteiger partial charge in [0.25, 0.3) is 0 Å². The Kier molecular flexibility index (Phi) is 3.18. The molecule has 0 bridgehead atoms. The zero-order chi connectivity index (χ0) is 12.4. The van der Waals surface area contributed by atoms with E-state index in [1.807, 2.05) is 25.1 Å². The van der Waals surface area contributed by atoms with E-state index < -0.39 is 0 Å². The average Bonchev–Trinajstić information content (AvgIpc) is 2.29. The van der Waals surface area contributed by atoms with Gasteiger partial charge < -0.3 is 0 Å². The van der Waals surface area contributed by atoms with Gasteiger partial charge in [0, 0.05) is 5.56 Å². The highest BCUT2D eigenvalue weighted by Crippen LogP contribution is 2.22. The Balaban J connectivity index is 2.40. The fraction of sp³-hybridized carbons (Fsp3) is 0.286. The van der Waals surface area contributed by atoms with Gasteiger partial charge in [-0.15, -0.1) is 0 Å². The average molecular weight is 230 g/mol. The Morgan fingerprint density at radius 1 is 1.06 bits per heavy atom. The van der Waals surface area contributed by atoms with Crippen LogP contribution in [-0.2, 0) is 0 Å². The maximum Gasteiger partial charge on any atom is 0.132 e. The second-order valence-electron chi connectivity index (χ2n) is 4.48. The van der Waals surface area contributed by atoms with E-state index in [4.69, 9.17) is 0 Å². The van der Waals surface area contributed by atoms with Crippen LogP contribution in [0.5, 0.6) is 0 Å². The summed E-state index contributed by atoms with van der Waals surface area (Å²) in [5.74, 6) is 0.0796. The minimum Gasteiger partial charge on any atom is -0.206 e. The second-order valence-corrected chi connectivity index (χ2v) is 4.48. The van der Waals surface area contributed by atoms with E-state index in [-0.39, 0.29) is 5.82 Å². The first-order valence-electron chi connectivity index (χ1n) is 5.68. The highest BCUT2D eigenvalue weighted by atomic mass is 19.1. The maximum absolute atomic E-state index is 13.7. The van der Waals surface area contributed by atoms with Crippen LogP contribution in [0.3, 0.4) is 0 Å². The van der Waals surface area contributed by atoms with E-state index in [1.165, 1.54) is 6.07 Å². The van der Waals surface area contributed by atoms with Gasteiger partial charge in [0.2, 0.25) is 0 Å². The van der Waals surface area contributed by atoms with E-state index in [9.17, 15) is 4.39 Å². The molecular weight excluding hydrogens is 215 g/mol. The molecule has 2 aromatic rings. The topological polar surface area (TPSA) is 25.8 Å². The Hall–Kier alpha value is -1.77. The Labute approximate surface area is 101 Å². The number of rotatable bonds is 2. The first-order chi connectivity index (χ1) is 8.08. The van der Waals surface area contributed by atoms with Gasteiger partial charge in [-0.25, -0.2) is 4.39 Å². The summed E-state index contributed by atoms with van der Waals surface area (Å²) in [7, 11) is 0. The van der Waals surface area contributed by atoms with Crippen molar-refractivity contribution < 1.29 is 4.39 Å². The van der Waals surface area contributed by atoms with Crippen LogP contribution in [0.1, 0.15) is 31.0 Å². The van der Waals surface area contributed by atoms with Crippen LogP contribution in [0, 0.1) is 12.7 Å². The van der Waals surface area contributed by atoms with Gasteiger partial charge in [0.15, 0.2) is 0 Å². The van der Waals surface area contributed by atoms with Crippen LogP contribution in [-0.4, -0.2) is 10.2 Å². The van der Waals surface area contributed by atoms with Crippen LogP contribution < -0.4 is 0 Å². The summed E-state index contributed by atoms with van der Waals surface area (Å²) in [5.41, 5.74) is 2.89. The molecule has 1 aromatic heterocycles. The van der Waals surface area contributed by atoms with Crippen molar-refractivity contribution in [1.82, 2.24) is 10.2 Å². The summed E-state index contributed by atoms with van der Waals surface area (Å²) in [6.45, 7) is 5.96. The second kappa shape index (κ2) is 4.62. The molecule has 0 aliphatic carbocycles. The van der Waals surface area contributed by atoms with Crippen molar-refractivity contribution in [2.45, 2.75) is 26.7 Å². The number of aromatic nitrogens is 2. The zero-order valence-electron chi connectivity index (χ0n) is 10.2. The fourth-order valence-electron chi connectivity index (χ4n) is 1.62. The monoisotopic (exact) mass is 230 g/mol. The van der Waals surface area contributed by atoms with Gasteiger partial charge >= 0.3 is 0 Å². The molecule has 0 N–H and O–H groups in total. The third-order valence-electron chi connectivity index (χ3n) is 2.68. The van der Waals surface area contributed by atoms with E-state index in [1.54, 1.807) is 6.07 Å². The molecule has 0 amide bonds. The number of benzene rings is 1. The van der Waals surface area contributed by atoms with Gasteiger partial charge in [-0.1, -0.05) is 19.9 Å². The molecule has 0 aliphatic heterocycles. The Morgan fingerprint density at radius 2 is 1.82 bits per heavy atom.